The summed E-state index contributed by atoms with van der Waals surface area (Å²) in [5.74, 6) is -1.22. The maximum atomic E-state index is 13.7. The molecule has 9 nitrogen and oxygen atoms in total. The monoisotopic (exact) mass is 442 g/mol. The van der Waals surface area contributed by atoms with E-state index in [0.717, 1.165) is 4.90 Å². The molecule has 4 N–H and O–H groups in total. The summed E-state index contributed by atoms with van der Waals surface area (Å²) in [5.41, 5.74) is 6.02. The Morgan fingerprint density at radius 1 is 1.32 bits per heavy atom. The van der Waals surface area contributed by atoms with Crippen LogP contribution in [0.3, 0.4) is 0 Å². The fourth-order valence-corrected chi connectivity index (χ4v) is 5.28. The van der Waals surface area contributed by atoms with Crippen LogP contribution in [0.1, 0.15) is 6.92 Å². The molecular weight excluding hydrogens is 420 g/mol. The lowest BCUT2D eigenvalue weighted by atomic mass is 9.82. The number of piperazine rings is 1. The minimum absolute atomic E-state index is 0.0789. The number of primary amides is 1. The van der Waals surface area contributed by atoms with Crippen LogP contribution in [0.15, 0.2) is 51.7 Å². The molecule has 0 aromatic heterocycles. The number of anilines is 1. The number of allylic oxidation sites excluding steroid dienone is 2. The number of methoxy groups -OCH3 is 1. The number of ketones is 2. The van der Waals surface area contributed by atoms with E-state index in [1.165, 1.54) is 0 Å². The molecular formula is C21H22N4O5S. The average Bonchev–Trinajstić information content (AvgIpc) is 3.35. The minimum atomic E-state index is -0.987. The van der Waals surface area contributed by atoms with Crippen molar-refractivity contribution < 1.29 is 23.9 Å². The topological polar surface area (TPSA) is 133 Å². The highest BCUT2D eigenvalue weighted by Gasteiger charge is 2.72. The maximum absolute atomic E-state index is 13.7. The summed E-state index contributed by atoms with van der Waals surface area (Å²) >= 11 is 4.27. The smallest absolute Gasteiger partial charge is 0.404 e. The van der Waals surface area contributed by atoms with Crippen LogP contribution >= 0.6 is 12.6 Å². The van der Waals surface area contributed by atoms with Gasteiger partial charge in [0.15, 0.2) is 5.72 Å². The first kappa shape index (κ1) is 20.1. The van der Waals surface area contributed by atoms with Gasteiger partial charge >= 0.3 is 6.09 Å². The van der Waals surface area contributed by atoms with Gasteiger partial charge in [0.2, 0.25) is 11.6 Å². The van der Waals surface area contributed by atoms with Gasteiger partial charge < -0.3 is 30.7 Å². The number of nitrogens with two attached hydrogens (primary N) is 1. The molecule has 1 amide bonds. The quantitative estimate of drug-likeness (QED) is 0.299. The third-order valence-electron chi connectivity index (χ3n) is 6.56. The van der Waals surface area contributed by atoms with Gasteiger partial charge in [-0.25, -0.2) is 4.79 Å². The van der Waals surface area contributed by atoms with Gasteiger partial charge in [0, 0.05) is 41.4 Å². The number of Topliss-reactive ketones (excluding diaryl/α,β-unsaturated/α-hetero) is 2. The number of rotatable bonds is 5. The Labute approximate surface area is 184 Å². The fraction of sp³-hybridized carbons (Fsp3) is 0.381. The number of nitrogens with zero attached hydrogens (tertiary/aromatic N) is 1. The van der Waals surface area contributed by atoms with Gasteiger partial charge in [-0.15, -0.1) is 12.6 Å². The normalized spacial score (nSPS) is 30.9. The standard InChI is InChI=1S/C21H22N4O5S/c1-9-15(23-10-3-5-11(31)6-4-10)18(27)14-12(8-30-20(22)28)21(29-2)19-13(24-19)7-25(21)16(14)17(9)26/h3-6,12-13,19,23-24,31H,7-8H2,1-2H3,(H2,22,28). The second-order valence-corrected chi connectivity index (χ2v) is 8.61. The highest BCUT2D eigenvalue weighted by Crippen LogP contribution is 2.55. The summed E-state index contributed by atoms with van der Waals surface area (Å²) in [4.78, 5) is 41.1. The van der Waals surface area contributed by atoms with Gasteiger partial charge in [0.05, 0.1) is 23.4 Å². The van der Waals surface area contributed by atoms with Gasteiger partial charge in [-0.1, -0.05) is 0 Å². The van der Waals surface area contributed by atoms with Crippen LogP contribution < -0.4 is 16.4 Å². The van der Waals surface area contributed by atoms with Crippen LogP contribution in [-0.4, -0.2) is 60.6 Å². The SMILES string of the molecule is COC12C(COC(N)=O)C3=C(C(=O)C(C)=C(Nc4ccc(S)cc4)C3=O)N1CC1NC12. The number of benzene rings is 1. The summed E-state index contributed by atoms with van der Waals surface area (Å²) in [6.45, 7) is 2.00. The third-order valence-corrected chi connectivity index (χ3v) is 6.86. The molecule has 5 rings (SSSR count). The molecule has 1 aromatic carbocycles. The lowest BCUT2D eigenvalue weighted by Crippen LogP contribution is -2.55. The Kier molecular flexibility index (Phi) is 4.44. The van der Waals surface area contributed by atoms with Crippen LogP contribution in [0.2, 0.25) is 0 Å². The van der Waals surface area contributed by atoms with Crippen LogP contribution in [0.4, 0.5) is 10.5 Å². The number of thiol groups is 1. The summed E-state index contributed by atoms with van der Waals surface area (Å²) in [7, 11) is 1.54. The molecule has 2 fully saturated rings. The van der Waals surface area contributed by atoms with Crippen molar-refractivity contribution in [3.05, 3.63) is 46.8 Å². The maximum Gasteiger partial charge on any atom is 0.404 e. The summed E-state index contributed by atoms with van der Waals surface area (Å²) < 4.78 is 11.1. The Morgan fingerprint density at radius 3 is 2.68 bits per heavy atom. The molecule has 4 unspecified atom stereocenters. The van der Waals surface area contributed by atoms with E-state index in [-0.39, 0.29) is 36.0 Å². The molecule has 3 aliphatic heterocycles. The number of ether oxygens (including phenoxy) is 2. The van der Waals surface area contributed by atoms with E-state index in [4.69, 9.17) is 15.2 Å². The first-order valence-electron chi connectivity index (χ1n) is 9.91. The van der Waals surface area contributed by atoms with Crippen molar-refractivity contribution in [2.24, 2.45) is 11.7 Å². The minimum Gasteiger partial charge on any atom is -0.449 e. The molecule has 1 aliphatic carbocycles. The zero-order valence-electron chi connectivity index (χ0n) is 17.0. The van der Waals surface area contributed by atoms with Gasteiger partial charge in [-0.2, -0.15) is 0 Å². The molecule has 0 saturated carbocycles. The predicted molar refractivity (Wildman–Crippen MR) is 113 cm³/mol. The van der Waals surface area contributed by atoms with E-state index in [0.29, 0.717) is 29.1 Å². The molecule has 0 radical (unpaired) electrons. The number of hydrogen-bond acceptors (Lipinski definition) is 9. The Balaban J connectivity index is 1.56. The van der Waals surface area contributed by atoms with E-state index in [1.54, 1.807) is 38.3 Å². The van der Waals surface area contributed by atoms with Crippen molar-refractivity contribution in [3.63, 3.8) is 0 Å². The van der Waals surface area contributed by atoms with Gasteiger partial charge in [0.1, 0.15) is 6.61 Å². The first-order chi connectivity index (χ1) is 14.8. The number of amides is 1. The molecule has 4 atom stereocenters. The van der Waals surface area contributed by atoms with Crippen molar-refractivity contribution in [2.45, 2.75) is 29.6 Å². The molecule has 1 aromatic rings. The van der Waals surface area contributed by atoms with Crippen molar-refractivity contribution in [1.29, 1.82) is 0 Å². The highest BCUT2D eigenvalue weighted by atomic mass is 32.1. The van der Waals surface area contributed by atoms with Gasteiger partial charge in [0.25, 0.3) is 0 Å². The van der Waals surface area contributed by atoms with Crippen molar-refractivity contribution in [1.82, 2.24) is 10.2 Å². The Morgan fingerprint density at radius 2 is 2.03 bits per heavy atom. The molecule has 3 heterocycles. The van der Waals surface area contributed by atoms with Gasteiger partial charge in [-0.3, -0.25) is 9.59 Å². The van der Waals surface area contributed by atoms with E-state index in [1.807, 2.05) is 4.90 Å². The van der Waals surface area contributed by atoms with Crippen molar-refractivity contribution in [3.8, 4) is 0 Å². The molecule has 0 spiro atoms. The zero-order chi connectivity index (χ0) is 22.1. The Hall–Kier alpha value is -2.82. The van der Waals surface area contributed by atoms with Crippen LogP contribution in [0.25, 0.3) is 0 Å². The zero-order valence-corrected chi connectivity index (χ0v) is 17.9. The van der Waals surface area contributed by atoms with Crippen LogP contribution in [0, 0.1) is 5.92 Å². The number of hydrogen-bond donors (Lipinski definition) is 4. The third kappa shape index (κ3) is 2.75. The van der Waals surface area contributed by atoms with E-state index >= 15 is 0 Å². The molecule has 0 bridgehead atoms. The van der Waals surface area contributed by atoms with Crippen molar-refractivity contribution in [2.75, 3.05) is 25.6 Å². The molecule has 162 valence electrons. The first-order valence-corrected chi connectivity index (χ1v) is 10.4. The number of carbonyl (C=O) groups is 3. The number of fused-ring (bicyclic) bond motifs is 4. The summed E-state index contributed by atoms with van der Waals surface area (Å²) in [5, 5.41) is 6.42. The Bertz CT molecular complexity index is 1080. The largest absolute Gasteiger partial charge is 0.449 e. The fourth-order valence-electron chi connectivity index (χ4n) is 5.13. The molecule has 10 heteroatoms. The van der Waals surface area contributed by atoms with Crippen LogP contribution in [-0.2, 0) is 19.1 Å². The second kappa shape index (κ2) is 6.84. The summed E-state index contributed by atoms with van der Waals surface area (Å²) in [6, 6.07) is 7.20. The second-order valence-electron chi connectivity index (χ2n) is 8.09. The summed E-state index contributed by atoms with van der Waals surface area (Å²) in [6.07, 6.45) is -0.948. The van der Waals surface area contributed by atoms with E-state index < -0.39 is 17.7 Å². The van der Waals surface area contributed by atoms with Gasteiger partial charge in [-0.05, 0) is 31.2 Å². The van der Waals surface area contributed by atoms with Crippen LogP contribution in [0.5, 0.6) is 0 Å². The molecule has 2 saturated heterocycles. The predicted octanol–water partition coefficient (Wildman–Crippen LogP) is 0.791. The number of carbonyl (C=O) groups excluding carboxylic acids is 3. The van der Waals surface area contributed by atoms with E-state index in [2.05, 4.69) is 23.3 Å². The lowest BCUT2D eigenvalue weighted by Gasteiger charge is -2.39. The average molecular weight is 442 g/mol. The molecule has 4 aliphatic rings. The molecule has 31 heavy (non-hydrogen) atoms. The van der Waals surface area contributed by atoms with E-state index in [9.17, 15) is 14.4 Å². The number of nitrogens with one attached hydrogen (secondary N) is 2. The lowest BCUT2D eigenvalue weighted by molar-refractivity contribution is -0.137. The highest BCUT2D eigenvalue weighted by molar-refractivity contribution is 7.80. The van der Waals surface area contributed by atoms with Crippen molar-refractivity contribution >= 4 is 36.0 Å².